The molecule has 1 aromatic carbocycles. The van der Waals surface area contributed by atoms with Crippen LogP contribution in [0.2, 0.25) is 0 Å². The Labute approximate surface area is 193 Å². The second kappa shape index (κ2) is 8.75. The average molecular weight is 520 g/mol. The van der Waals surface area contributed by atoms with Crippen LogP contribution in [0.15, 0.2) is 47.1 Å². The summed E-state index contributed by atoms with van der Waals surface area (Å²) in [7, 11) is 0. The topological polar surface area (TPSA) is 103 Å². The van der Waals surface area contributed by atoms with Crippen LogP contribution in [-0.2, 0) is 11.3 Å². The minimum atomic E-state index is -2.81. The van der Waals surface area contributed by atoms with Crippen molar-refractivity contribution in [2.75, 3.05) is 5.32 Å². The summed E-state index contributed by atoms with van der Waals surface area (Å²) in [6.07, 6.45) is -1.15. The molecule has 0 aliphatic rings. The molecule has 4 rings (SSSR count). The van der Waals surface area contributed by atoms with Crippen molar-refractivity contribution in [2.45, 2.75) is 19.9 Å². The molecule has 0 unspecified atom stereocenters. The van der Waals surface area contributed by atoms with E-state index in [-0.39, 0.29) is 21.9 Å². The molecule has 32 heavy (non-hydrogen) atoms. The number of hydrogen-bond acceptors (Lipinski definition) is 5. The van der Waals surface area contributed by atoms with Crippen LogP contribution in [0.1, 0.15) is 27.5 Å². The van der Waals surface area contributed by atoms with Crippen LogP contribution in [0.4, 0.5) is 14.5 Å². The molecule has 0 atom stereocenters. The molecule has 0 aliphatic heterocycles. The molecular formula is C21H16BrF2N5O2S. The summed E-state index contributed by atoms with van der Waals surface area (Å²) in [5.41, 5.74) is 7.03. The summed E-state index contributed by atoms with van der Waals surface area (Å²) in [4.78, 5) is 29.1. The van der Waals surface area contributed by atoms with Gasteiger partial charge in [-0.2, -0.15) is 5.10 Å². The fourth-order valence-electron chi connectivity index (χ4n) is 3.27. The zero-order chi connectivity index (χ0) is 23.0. The Hall–Kier alpha value is -3.18. The van der Waals surface area contributed by atoms with Gasteiger partial charge in [0.05, 0.1) is 15.9 Å². The highest BCUT2D eigenvalue weighted by atomic mass is 79.9. The zero-order valence-corrected chi connectivity index (χ0v) is 19.0. The number of benzene rings is 1. The van der Waals surface area contributed by atoms with E-state index in [0.717, 1.165) is 15.8 Å². The first-order valence-corrected chi connectivity index (χ1v) is 11.0. The van der Waals surface area contributed by atoms with Crippen molar-refractivity contribution in [2.24, 2.45) is 5.73 Å². The second-order valence-electron chi connectivity index (χ2n) is 6.92. The van der Waals surface area contributed by atoms with Gasteiger partial charge in [0.25, 0.3) is 12.3 Å². The van der Waals surface area contributed by atoms with Gasteiger partial charge in [-0.15, -0.1) is 11.3 Å². The molecule has 3 heterocycles. The van der Waals surface area contributed by atoms with Gasteiger partial charge in [0.1, 0.15) is 21.9 Å². The monoisotopic (exact) mass is 519 g/mol. The number of nitrogens with one attached hydrogen (secondary N) is 1. The second-order valence-corrected chi connectivity index (χ2v) is 8.77. The Morgan fingerprint density at radius 3 is 2.59 bits per heavy atom. The van der Waals surface area contributed by atoms with E-state index in [1.165, 1.54) is 10.7 Å². The summed E-state index contributed by atoms with van der Waals surface area (Å²) >= 11 is 4.20. The number of carbonyl (C=O) groups is 2. The lowest BCUT2D eigenvalue weighted by Crippen LogP contribution is -2.21. The number of carbonyl (C=O) groups excluding carboxylic acids is 2. The van der Waals surface area contributed by atoms with E-state index in [2.05, 4.69) is 31.3 Å². The Kier molecular flexibility index (Phi) is 6.02. The molecule has 0 saturated heterocycles. The predicted molar refractivity (Wildman–Crippen MR) is 122 cm³/mol. The molecule has 0 radical (unpaired) electrons. The number of pyridine rings is 1. The highest BCUT2D eigenvalue weighted by molar-refractivity contribution is 9.10. The highest BCUT2D eigenvalue weighted by Gasteiger charge is 2.25. The van der Waals surface area contributed by atoms with E-state index in [0.29, 0.717) is 22.2 Å². The number of hydrogen-bond donors (Lipinski definition) is 2. The lowest BCUT2D eigenvalue weighted by Gasteiger charge is -2.11. The molecule has 0 spiro atoms. The van der Waals surface area contributed by atoms with E-state index >= 15 is 0 Å². The molecule has 0 fully saturated rings. The molecule has 3 N–H and O–H groups in total. The van der Waals surface area contributed by atoms with Crippen LogP contribution < -0.4 is 11.1 Å². The van der Waals surface area contributed by atoms with E-state index in [1.54, 1.807) is 43.5 Å². The van der Waals surface area contributed by atoms with E-state index in [4.69, 9.17) is 5.73 Å². The molecular weight excluding hydrogens is 504 g/mol. The molecule has 0 aliphatic carbocycles. The number of primary amides is 1. The third-order valence-corrected chi connectivity index (χ3v) is 6.55. The van der Waals surface area contributed by atoms with Gasteiger partial charge in [-0.3, -0.25) is 14.3 Å². The van der Waals surface area contributed by atoms with E-state index < -0.39 is 23.9 Å². The van der Waals surface area contributed by atoms with Crippen molar-refractivity contribution in [3.8, 4) is 11.1 Å². The van der Waals surface area contributed by atoms with Crippen LogP contribution in [0.5, 0.6) is 0 Å². The van der Waals surface area contributed by atoms with Gasteiger partial charge in [0.2, 0.25) is 5.91 Å². The van der Waals surface area contributed by atoms with Crippen LogP contribution in [0.3, 0.4) is 0 Å². The predicted octanol–water partition coefficient (Wildman–Crippen LogP) is 4.91. The van der Waals surface area contributed by atoms with Crippen LogP contribution >= 0.6 is 27.3 Å². The number of anilines is 1. The van der Waals surface area contributed by atoms with Crippen molar-refractivity contribution in [1.29, 1.82) is 0 Å². The Morgan fingerprint density at radius 2 is 2.00 bits per heavy atom. The molecule has 4 aromatic rings. The van der Waals surface area contributed by atoms with Gasteiger partial charge >= 0.3 is 0 Å². The summed E-state index contributed by atoms with van der Waals surface area (Å²) in [6, 6.07) is 10.1. The highest BCUT2D eigenvalue weighted by Crippen LogP contribution is 2.42. The number of nitrogens with two attached hydrogens (primary N) is 1. The van der Waals surface area contributed by atoms with Crippen LogP contribution in [0.25, 0.3) is 21.3 Å². The number of halogens is 3. The average Bonchev–Trinajstić information content (AvgIpc) is 3.27. The number of thiophene rings is 1. The van der Waals surface area contributed by atoms with Crippen molar-refractivity contribution in [3.63, 3.8) is 0 Å². The third kappa shape index (κ3) is 4.26. The van der Waals surface area contributed by atoms with Gasteiger partial charge in [0.15, 0.2) is 0 Å². The van der Waals surface area contributed by atoms with Gasteiger partial charge in [-0.05, 0) is 40.0 Å². The Bertz CT molecular complexity index is 1320. The maximum atomic E-state index is 13.5. The first-order chi connectivity index (χ1) is 15.2. The normalized spacial score (nSPS) is 11.3. The standard InChI is InChI=1S/C21H16BrF2N5O2S/c1-10-13(22)8-29(28-10)9-15(30)27-17-16-12(11-5-3-2-4-6-11)7-14(19(23)24)26-21(16)32-18(17)20(25)31/h2-8,19H,9H2,1H3,(H2,25,31)(H,27,30). The summed E-state index contributed by atoms with van der Waals surface area (Å²) in [5.74, 6) is -1.25. The van der Waals surface area contributed by atoms with Crippen molar-refractivity contribution in [3.05, 3.63) is 63.3 Å². The van der Waals surface area contributed by atoms with Gasteiger partial charge < -0.3 is 11.1 Å². The number of nitrogens with zero attached hydrogens (tertiary/aromatic N) is 3. The van der Waals surface area contributed by atoms with Crippen molar-refractivity contribution >= 4 is 55.0 Å². The van der Waals surface area contributed by atoms with Gasteiger partial charge in [-0.25, -0.2) is 13.8 Å². The molecule has 3 aromatic heterocycles. The van der Waals surface area contributed by atoms with Crippen molar-refractivity contribution < 1.29 is 18.4 Å². The molecule has 2 amide bonds. The largest absolute Gasteiger partial charge is 0.365 e. The maximum Gasteiger partial charge on any atom is 0.280 e. The molecule has 164 valence electrons. The van der Waals surface area contributed by atoms with Crippen LogP contribution in [0, 0.1) is 6.92 Å². The lowest BCUT2D eigenvalue weighted by atomic mass is 10.0. The van der Waals surface area contributed by atoms with E-state index in [1.807, 2.05) is 0 Å². The SMILES string of the molecule is Cc1nn(CC(=O)Nc2c(C(N)=O)sc3nc(C(F)F)cc(-c4ccccc4)c23)cc1Br. The number of alkyl halides is 2. The summed E-state index contributed by atoms with van der Waals surface area (Å²) < 4.78 is 29.2. The maximum absolute atomic E-state index is 13.5. The number of aryl methyl sites for hydroxylation is 1. The number of amides is 2. The molecule has 0 bridgehead atoms. The van der Waals surface area contributed by atoms with E-state index in [9.17, 15) is 18.4 Å². The fourth-order valence-corrected chi connectivity index (χ4v) is 4.60. The zero-order valence-electron chi connectivity index (χ0n) is 16.6. The lowest BCUT2D eigenvalue weighted by molar-refractivity contribution is -0.116. The first kappa shape index (κ1) is 22.0. The third-order valence-electron chi connectivity index (χ3n) is 4.67. The Balaban J connectivity index is 1.85. The number of rotatable bonds is 6. The quantitative estimate of drug-likeness (QED) is 0.377. The number of fused-ring (bicyclic) bond motifs is 1. The smallest absolute Gasteiger partial charge is 0.280 e. The molecule has 11 heteroatoms. The minimum absolute atomic E-state index is 0.0299. The Morgan fingerprint density at radius 1 is 1.28 bits per heavy atom. The fraction of sp³-hybridized carbons (Fsp3) is 0.143. The van der Waals surface area contributed by atoms with Crippen molar-refractivity contribution in [1.82, 2.24) is 14.8 Å². The molecule has 7 nitrogen and oxygen atoms in total. The number of aromatic nitrogens is 3. The van der Waals surface area contributed by atoms with Gasteiger partial charge in [0, 0.05) is 11.6 Å². The summed E-state index contributed by atoms with van der Waals surface area (Å²) in [6.45, 7) is 1.67. The minimum Gasteiger partial charge on any atom is -0.365 e. The van der Waals surface area contributed by atoms with Gasteiger partial charge in [-0.1, -0.05) is 30.3 Å². The van der Waals surface area contributed by atoms with Crippen LogP contribution in [-0.4, -0.2) is 26.6 Å². The molecule has 0 saturated carbocycles. The summed E-state index contributed by atoms with van der Waals surface area (Å²) in [5, 5.41) is 7.32. The first-order valence-electron chi connectivity index (χ1n) is 9.34.